The van der Waals surface area contributed by atoms with Gasteiger partial charge >= 0.3 is 0 Å². The number of aliphatic hydroxyl groups excluding tert-OH is 1. The average Bonchev–Trinajstić information content (AvgIpc) is 0.814. The van der Waals surface area contributed by atoms with Crippen molar-refractivity contribution in [1.29, 1.82) is 0 Å². The zero-order chi connectivity index (χ0) is 72.8. The molecule has 0 bridgehead atoms. The highest BCUT2D eigenvalue weighted by Crippen LogP contribution is 2.27. The molecule has 25 nitrogen and oxygen atoms in total. The van der Waals surface area contributed by atoms with Crippen molar-refractivity contribution >= 4 is 76.7 Å². The molecular formula is C69H124N12O13S. The van der Waals surface area contributed by atoms with Gasteiger partial charge in [0.05, 0.1) is 19.3 Å². The third kappa shape index (κ3) is 24.6. The number of likely N-dealkylation sites (N-methyl/N-ethyl adjacent to an activating group) is 7. The van der Waals surface area contributed by atoms with Gasteiger partial charge < -0.3 is 65.4 Å². The fourth-order valence-electron chi connectivity index (χ4n) is 12.2. The summed E-state index contributed by atoms with van der Waals surface area (Å²) < 4.78 is 5.56. The number of hydrogen-bond donors (Lipinski definition) is 5. The van der Waals surface area contributed by atoms with Gasteiger partial charge in [-0.05, 0) is 101 Å². The van der Waals surface area contributed by atoms with Crippen molar-refractivity contribution in [2.24, 2.45) is 41.4 Å². The Hall–Kier alpha value is -5.86. The molecule has 11 amide bonds. The number of carbonyl (C=O) groups is 11. The molecule has 5 N–H and O–H groups in total. The number of ether oxygens (including phenoxy) is 1. The van der Waals surface area contributed by atoms with E-state index < -0.39 is 155 Å². The molecule has 0 aliphatic carbocycles. The van der Waals surface area contributed by atoms with Crippen LogP contribution in [0, 0.1) is 41.4 Å². The van der Waals surface area contributed by atoms with Gasteiger partial charge in [-0.15, -0.1) is 0 Å². The fourth-order valence-corrected chi connectivity index (χ4v) is 13.3. The monoisotopic (exact) mass is 1360 g/mol. The summed E-state index contributed by atoms with van der Waals surface area (Å²) in [7, 11) is 10.1. The van der Waals surface area contributed by atoms with Crippen LogP contribution >= 0.6 is 11.8 Å². The van der Waals surface area contributed by atoms with E-state index in [-0.39, 0.29) is 61.5 Å². The first-order valence-electron chi connectivity index (χ1n) is 34.5. The quantitative estimate of drug-likeness (QED) is 0.0858. The van der Waals surface area contributed by atoms with Gasteiger partial charge in [0.1, 0.15) is 66.5 Å². The number of carbonyl (C=O) groups excluding carboxylic acids is 11. The third-order valence-corrected chi connectivity index (χ3v) is 19.3. The van der Waals surface area contributed by atoms with E-state index in [0.29, 0.717) is 31.9 Å². The van der Waals surface area contributed by atoms with E-state index in [4.69, 9.17) is 4.74 Å². The van der Waals surface area contributed by atoms with Gasteiger partial charge in [-0.3, -0.25) is 57.6 Å². The zero-order valence-electron chi connectivity index (χ0n) is 62.1. The van der Waals surface area contributed by atoms with Crippen LogP contribution in [0.25, 0.3) is 0 Å². The van der Waals surface area contributed by atoms with Crippen LogP contribution in [0.1, 0.15) is 156 Å². The fraction of sp³-hybridized carbons (Fsp3) is 0.812. The van der Waals surface area contributed by atoms with Gasteiger partial charge in [0.15, 0.2) is 0 Å². The lowest BCUT2D eigenvalue weighted by Crippen LogP contribution is -2.64. The Morgan fingerprint density at radius 1 is 0.484 bits per heavy atom. The van der Waals surface area contributed by atoms with Gasteiger partial charge in [-0.2, -0.15) is 11.8 Å². The third-order valence-electron chi connectivity index (χ3n) is 18.3. The number of allylic oxidation sites excluding steroid dienone is 2. The van der Waals surface area contributed by atoms with Crippen LogP contribution in [0.3, 0.4) is 0 Å². The number of rotatable bonds is 20. The lowest BCUT2D eigenvalue weighted by molar-refractivity contribution is -0.157. The Balaban J connectivity index is 3.09. The molecule has 0 saturated carbocycles. The Morgan fingerprint density at radius 2 is 0.905 bits per heavy atom. The number of amides is 11. The van der Waals surface area contributed by atoms with Gasteiger partial charge in [-0.25, -0.2) is 0 Å². The summed E-state index contributed by atoms with van der Waals surface area (Å²) >= 11 is 1.44. The van der Waals surface area contributed by atoms with Crippen LogP contribution in [0.15, 0.2) is 12.2 Å². The second-order valence-electron chi connectivity index (χ2n) is 28.8. The van der Waals surface area contributed by atoms with Crippen LogP contribution in [0.5, 0.6) is 0 Å². The summed E-state index contributed by atoms with van der Waals surface area (Å²) in [6.07, 6.45) is 2.98. The number of nitrogens with zero attached hydrogens (tertiary/aromatic N) is 8. The molecule has 0 unspecified atom stereocenters. The average molecular weight is 1360 g/mol. The SMILES string of the molecule is C/C=C/C[C@@H](C)[C@@H](O)[C@H]1C(=O)N[C@@H](CC)C(=O)N(C)[C@H](CSCCN2CCOCC2)C(=O)N(C)[C@@H](CC(C)C)C(=O)N[C@@H](C(C)C)C(=O)N(C)[C@@H](CC(C)C)C(=O)N[C@@H](C)C(=O)N[C@H](C)C(=O)N(C)[C@@H](CC(C)C)C(=O)N(C)[C@@H](CC(C)C)C(=O)N(C)[C@@H](C(C)C)C(=O)N1C. The number of aliphatic hydroxyl groups is 1. The van der Waals surface area contributed by atoms with E-state index in [0.717, 1.165) is 18.0 Å². The maximum Gasteiger partial charge on any atom is 0.246 e. The minimum absolute atomic E-state index is 0.00590. The van der Waals surface area contributed by atoms with E-state index >= 15 is 28.8 Å². The first-order chi connectivity index (χ1) is 44.2. The Kier molecular flexibility index (Phi) is 36.0. The van der Waals surface area contributed by atoms with Gasteiger partial charge in [0.2, 0.25) is 65.0 Å². The molecule has 0 radical (unpaired) electrons. The highest BCUT2D eigenvalue weighted by atomic mass is 32.2. The molecular weight excluding hydrogens is 1240 g/mol. The Labute approximate surface area is 573 Å². The number of hydrogen-bond acceptors (Lipinski definition) is 15. The van der Waals surface area contributed by atoms with Crippen molar-refractivity contribution in [1.82, 2.24) is 60.5 Å². The molecule has 26 heteroatoms. The molecule has 0 spiro atoms. The normalized spacial score (nSPS) is 27.3. The van der Waals surface area contributed by atoms with Crippen molar-refractivity contribution in [3.8, 4) is 0 Å². The van der Waals surface area contributed by atoms with E-state index in [2.05, 4.69) is 26.2 Å². The Morgan fingerprint density at radius 3 is 1.38 bits per heavy atom. The molecule has 0 aromatic carbocycles. The summed E-state index contributed by atoms with van der Waals surface area (Å²) in [5.41, 5.74) is 0. The minimum Gasteiger partial charge on any atom is -0.390 e. The summed E-state index contributed by atoms with van der Waals surface area (Å²) in [6, 6.07) is -13.8. The highest BCUT2D eigenvalue weighted by Gasteiger charge is 2.46. The second-order valence-corrected chi connectivity index (χ2v) is 30.0. The van der Waals surface area contributed by atoms with Gasteiger partial charge in [0.25, 0.3) is 0 Å². The molecule has 0 aromatic rings. The van der Waals surface area contributed by atoms with Crippen molar-refractivity contribution in [3.63, 3.8) is 0 Å². The number of nitrogens with one attached hydrogen (secondary N) is 4. The molecule has 95 heavy (non-hydrogen) atoms. The van der Waals surface area contributed by atoms with Crippen molar-refractivity contribution in [2.75, 3.05) is 93.7 Å². The first kappa shape index (κ1) is 85.2. The molecule has 13 atom stereocenters. The molecule has 2 heterocycles. The number of thioether (sulfide) groups is 1. The van der Waals surface area contributed by atoms with E-state index in [1.807, 2.05) is 68.4 Å². The van der Waals surface area contributed by atoms with Crippen molar-refractivity contribution in [2.45, 2.75) is 229 Å². The summed E-state index contributed by atoms with van der Waals surface area (Å²) in [6.45, 7) is 33.4. The van der Waals surface area contributed by atoms with E-state index in [1.54, 1.807) is 47.6 Å². The van der Waals surface area contributed by atoms with E-state index in [1.165, 1.54) is 104 Å². The molecule has 0 aromatic heterocycles. The van der Waals surface area contributed by atoms with Crippen molar-refractivity contribution in [3.05, 3.63) is 12.2 Å². The largest absolute Gasteiger partial charge is 0.390 e. The molecule has 2 saturated heterocycles. The van der Waals surface area contributed by atoms with Crippen LogP contribution in [-0.2, 0) is 57.5 Å². The molecule has 2 aliphatic rings. The molecule has 544 valence electrons. The second kappa shape index (κ2) is 40.1. The number of morpholine rings is 1. The van der Waals surface area contributed by atoms with Gasteiger partial charge in [0, 0.05) is 80.5 Å². The smallest absolute Gasteiger partial charge is 0.246 e. The predicted octanol–water partition coefficient (Wildman–Crippen LogP) is 3.70. The lowest BCUT2D eigenvalue weighted by Gasteiger charge is -2.41. The molecule has 2 fully saturated rings. The Bertz CT molecular complexity index is 2580. The maximum atomic E-state index is 15.4. The zero-order valence-corrected chi connectivity index (χ0v) is 63.0. The van der Waals surface area contributed by atoms with Gasteiger partial charge in [-0.1, -0.05) is 109 Å². The summed E-state index contributed by atoms with van der Waals surface area (Å²) in [4.78, 5) is 175. The minimum atomic E-state index is -1.64. The van der Waals surface area contributed by atoms with Crippen molar-refractivity contribution < 1.29 is 62.6 Å². The predicted molar refractivity (Wildman–Crippen MR) is 372 cm³/mol. The van der Waals surface area contributed by atoms with Crippen LogP contribution in [-0.4, -0.2) is 276 Å². The highest BCUT2D eigenvalue weighted by molar-refractivity contribution is 7.99. The first-order valence-corrected chi connectivity index (χ1v) is 35.6. The van der Waals surface area contributed by atoms with Crippen LogP contribution in [0.4, 0.5) is 0 Å². The van der Waals surface area contributed by atoms with Crippen LogP contribution < -0.4 is 21.3 Å². The lowest BCUT2D eigenvalue weighted by atomic mass is 9.91. The van der Waals surface area contributed by atoms with Crippen LogP contribution in [0.2, 0.25) is 0 Å². The van der Waals surface area contributed by atoms with E-state index in [9.17, 15) is 29.1 Å². The summed E-state index contributed by atoms with van der Waals surface area (Å²) in [5.74, 6) is -9.12. The molecule has 2 aliphatic heterocycles. The topological polar surface area (TPSA) is 291 Å². The summed E-state index contributed by atoms with van der Waals surface area (Å²) in [5, 5.41) is 23.5. The standard InChI is InChI=1S/C69H124N12O13S/c1-25-27-28-46(15)58(82)57-62(86)72-49(26-2)64(88)78(22)54(39-95-34-31-81-29-32-94-33-30-81)67(91)74(18)51(36-41(5)6)61(85)73-55(44(11)12)68(92)75(19)50(35-40(3)4)60(84)70-47(16)59(83)71-48(17)63(87)76(20)52(37-42(7)8)65(89)77(21)53(38-43(9)10)66(90)79(23)56(45(13)14)69(93)80(57)24/h25,27,40-58,82H,26,28-39H2,1-24H3,(H,70,84)(H,71,83)(H,72,86)(H,73,85)/b27-25+/t46-,47+,48-,49+,50+,51+,52+,53+,54-,55+,56+,57+,58-/m1/s1. The molecule has 2 rings (SSSR count). The maximum absolute atomic E-state index is 15.4.